The highest BCUT2D eigenvalue weighted by molar-refractivity contribution is 7.53. The molecule has 0 amide bonds. The molecule has 0 saturated heterocycles. The molecule has 0 heterocycles. The summed E-state index contributed by atoms with van der Waals surface area (Å²) in [6, 6.07) is 0. The lowest BCUT2D eigenvalue weighted by Gasteiger charge is -2.21. The van der Waals surface area contributed by atoms with Gasteiger partial charge in [-0.05, 0) is 19.8 Å². The number of rotatable bonds is 35. The summed E-state index contributed by atoms with van der Waals surface area (Å²) in [7, 11) is -4.06. The highest BCUT2D eigenvalue weighted by Crippen LogP contribution is 2.44. The Labute approximate surface area is 283 Å². The third kappa shape index (κ3) is 30.4. The van der Waals surface area contributed by atoms with Crippen molar-refractivity contribution >= 4 is 19.5 Å². The van der Waals surface area contributed by atoms with Gasteiger partial charge in [-0.15, -0.1) is 0 Å². The number of nitrogens with two attached hydrogens (primary N) is 1. The molecule has 3 atom stereocenters. The van der Waals surface area contributed by atoms with E-state index in [-0.39, 0.29) is 25.6 Å². The van der Waals surface area contributed by atoms with Gasteiger partial charge in [-0.25, -0.2) is 0 Å². The van der Waals surface area contributed by atoms with Gasteiger partial charge in [0.05, 0.1) is 6.61 Å². The highest BCUT2D eigenvalue weighted by atomic mass is 31.2. The number of esters is 2. The van der Waals surface area contributed by atoms with Gasteiger partial charge >= 0.3 is 19.5 Å². The fourth-order valence-electron chi connectivity index (χ4n) is 5.50. The molecule has 0 fully saturated rings. The van der Waals surface area contributed by atoms with E-state index in [0.29, 0.717) is 6.42 Å². The predicted octanol–water partition coefficient (Wildman–Crippen LogP) is 10.9. The first kappa shape index (κ1) is 45.0. The topological polar surface area (TPSA) is 125 Å². The lowest BCUT2D eigenvalue weighted by atomic mass is 10.0. The minimum absolute atomic E-state index is 0.208. The Balaban J connectivity index is 4.12. The fourth-order valence-corrected chi connectivity index (χ4v) is 6.12. The van der Waals surface area contributed by atoms with Crippen LogP contribution in [0.5, 0.6) is 0 Å². The monoisotopic (exact) mass is 676 g/mol. The Hall–Kier alpha value is -0.950. The molecule has 0 aromatic rings. The number of unbranched alkanes of at least 4 members (excludes halogenated alkanes) is 24. The van der Waals surface area contributed by atoms with Crippen LogP contribution in [0, 0.1) is 0 Å². The van der Waals surface area contributed by atoms with E-state index in [1.165, 1.54) is 135 Å². The zero-order valence-electron chi connectivity index (χ0n) is 30.3. The number of hydrogen-bond acceptors (Lipinski definition) is 7. The number of ether oxygens (including phenoxy) is 2. The summed E-state index contributed by atoms with van der Waals surface area (Å²) in [5.74, 6) is -1.86. The first-order valence-electron chi connectivity index (χ1n) is 19.3. The average Bonchev–Trinajstić information content (AvgIpc) is 3.03. The summed E-state index contributed by atoms with van der Waals surface area (Å²) in [5.41, 5.74) is 5.55. The molecule has 274 valence electrons. The Bertz CT molecular complexity index is 749. The van der Waals surface area contributed by atoms with Gasteiger partial charge in [-0.3, -0.25) is 14.2 Å². The molecule has 3 N–H and O–H groups in total. The van der Waals surface area contributed by atoms with Crippen molar-refractivity contribution in [2.45, 2.75) is 212 Å². The minimum atomic E-state index is -4.06. The Morgan fingerprint density at radius 3 is 1.24 bits per heavy atom. The molecule has 0 aliphatic heterocycles. The zero-order valence-corrected chi connectivity index (χ0v) is 31.2. The molecule has 0 aromatic carbocycles. The summed E-state index contributed by atoms with van der Waals surface area (Å²) in [6.45, 7) is 5.31. The molecule has 0 bridgehead atoms. The van der Waals surface area contributed by atoms with Crippen LogP contribution in [0.15, 0.2) is 0 Å². The standard InChI is InChI=1S/C37H74NO7P/c1-4-6-8-10-12-14-16-18-20-22-24-26-28-30-36(39)43-32-35(33-44-46(41,42)34(3)38)45-37(40)31-29-27-25-23-21-19-17-15-13-11-9-7-5-2/h34-35H,4-33,38H2,1-3H3,(H,41,42). The van der Waals surface area contributed by atoms with Gasteiger partial charge in [0.1, 0.15) is 12.4 Å². The molecule has 0 spiro atoms. The van der Waals surface area contributed by atoms with Crippen LogP contribution in [0.25, 0.3) is 0 Å². The zero-order chi connectivity index (χ0) is 34.1. The molecule has 0 aromatic heterocycles. The third-order valence-corrected chi connectivity index (χ3v) is 10.2. The summed E-state index contributed by atoms with van der Waals surface area (Å²) in [6.07, 6.45) is 31.5. The van der Waals surface area contributed by atoms with Crippen molar-refractivity contribution in [3.63, 3.8) is 0 Å². The van der Waals surface area contributed by atoms with Crippen molar-refractivity contribution < 1.29 is 33.0 Å². The molecule has 0 rings (SSSR count). The van der Waals surface area contributed by atoms with E-state index in [0.717, 1.165) is 38.5 Å². The molecule has 0 aliphatic rings. The van der Waals surface area contributed by atoms with E-state index in [4.69, 9.17) is 19.7 Å². The van der Waals surface area contributed by atoms with E-state index >= 15 is 0 Å². The van der Waals surface area contributed by atoms with Gasteiger partial charge in [0.2, 0.25) is 0 Å². The van der Waals surface area contributed by atoms with Crippen LogP contribution >= 0.6 is 7.60 Å². The van der Waals surface area contributed by atoms with Crippen molar-refractivity contribution in [1.82, 2.24) is 0 Å². The molecule has 0 saturated carbocycles. The van der Waals surface area contributed by atoms with Crippen molar-refractivity contribution in [2.24, 2.45) is 5.73 Å². The summed E-state index contributed by atoms with van der Waals surface area (Å²) in [5, 5.41) is 0. The van der Waals surface area contributed by atoms with Crippen LogP contribution in [0.2, 0.25) is 0 Å². The van der Waals surface area contributed by atoms with E-state index in [1.807, 2.05) is 0 Å². The van der Waals surface area contributed by atoms with Crippen molar-refractivity contribution in [3.8, 4) is 0 Å². The Morgan fingerprint density at radius 2 is 0.891 bits per heavy atom. The third-order valence-electron chi connectivity index (χ3n) is 8.66. The maximum atomic E-state index is 12.5. The van der Waals surface area contributed by atoms with Crippen LogP contribution in [-0.2, 0) is 28.2 Å². The number of carbonyl (C=O) groups excluding carboxylic acids is 2. The average molecular weight is 676 g/mol. The van der Waals surface area contributed by atoms with Gasteiger partial charge in [0, 0.05) is 12.8 Å². The molecule has 46 heavy (non-hydrogen) atoms. The maximum Gasteiger partial charge on any atom is 0.344 e. The second-order valence-corrected chi connectivity index (χ2v) is 15.6. The normalized spacial score (nSPS) is 14.1. The van der Waals surface area contributed by atoms with E-state index < -0.39 is 25.5 Å². The van der Waals surface area contributed by atoms with Crippen LogP contribution in [-0.4, -0.2) is 41.9 Å². The first-order chi connectivity index (χ1) is 22.2. The molecular weight excluding hydrogens is 601 g/mol. The molecule has 0 radical (unpaired) electrons. The quantitative estimate of drug-likeness (QED) is 0.0386. The first-order valence-corrected chi connectivity index (χ1v) is 20.9. The van der Waals surface area contributed by atoms with Gasteiger partial charge in [-0.1, -0.05) is 168 Å². The van der Waals surface area contributed by atoms with Crippen molar-refractivity contribution in [3.05, 3.63) is 0 Å². The van der Waals surface area contributed by atoms with E-state index in [1.54, 1.807) is 0 Å². The summed E-state index contributed by atoms with van der Waals surface area (Å²) >= 11 is 0. The Morgan fingerprint density at radius 1 is 0.565 bits per heavy atom. The fraction of sp³-hybridized carbons (Fsp3) is 0.946. The molecule has 0 aliphatic carbocycles. The van der Waals surface area contributed by atoms with Crippen molar-refractivity contribution in [2.75, 3.05) is 13.2 Å². The van der Waals surface area contributed by atoms with E-state index in [9.17, 15) is 19.0 Å². The van der Waals surface area contributed by atoms with Crippen LogP contribution < -0.4 is 5.73 Å². The van der Waals surface area contributed by atoms with Gasteiger partial charge in [0.15, 0.2) is 6.10 Å². The second kappa shape index (κ2) is 32.6. The van der Waals surface area contributed by atoms with Gasteiger partial charge < -0.3 is 24.6 Å². The minimum Gasteiger partial charge on any atom is -0.462 e. The van der Waals surface area contributed by atoms with Gasteiger partial charge in [0.25, 0.3) is 0 Å². The van der Waals surface area contributed by atoms with E-state index in [2.05, 4.69) is 13.8 Å². The van der Waals surface area contributed by atoms with Gasteiger partial charge in [-0.2, -0.15) is 0 Å². The molecule has 3 unspecified atom stereocenters. The lowest BCUT2D eigenvalue weighted by molar-refractivity contribution is -0.161. The SMILES string of the molecule is CCCCCCCCCCCCCCCC(=O)OCC(COP(=O)(O)C(C)N)OC(=O)CCCCCCCCCCCCCCC. The Kier molecular flexibility index (Phi) is 31.9. The summed E-state index contributed by atoms with van der Waals surface area (Å²) < 4.78 is 28.1. The van der Waals surface area contributed by atoms with Crippen molar-refractivity contribution in [1.29, 1.82) is 0 Å². The lowest BCUT2D eigenvalue weighted by Crippen LogP contribution is -2.30. The molecular formula is C37H74NO7P. The smallest absolute Gasteiger partial charge is 0.344 e. The van der Waals surface area contributed by atoms with Crippen LogP contribution in [0.4, 0.5) is 0 Å². The molecule has 8 nitrogen and oxygen atoms in total. The summed E-state index contributed by atoms with van der Waals surface area (Å²) in [4.78, 5) is 34.8. The van der Waals surface area contributed by atoms with Crippen LogP contribution in [0.1, 0.15) is 201 Å². The number of carbonyl (C=O) groups is 2. The highest BCUT2D eigenvalue weighted by Gasteiger charge is 2.28. The predicted molar refractivity (Wildman–Crippen MR) is 191 cm³/mol. The van der Waals surface area contributed by atoms with Crippen LogP contribution in [0.3, 0.4) is 0 Å². The number of hydrogen-bond donors (Lipinski definition) is 2. The maximum absolute atomic E-state index is 12.5. The molecule has 9 heteroatoms. The second-order valence-electron chi connectivity index (χ2n) is 13.4. The largest absolute Gasteiger partial charge is 0.462 e.